The van der Waals surface area contributed by atoms with Gasteiger partial charge in [-0.2, -0.15) is 4.99 Å². The van der Waals surface area contributed by atoms with E-state index in [1.165, 1.54) is 17.8 Å². The van der Waals surface area contributed by atoms with Crippen molar-refractivity contribution in [3.8, 4) is 0 Å². The zero-order valence-electron chi connectivity index (χ0n) is 14.5. The lowest BCUT2D eigenvalue weighted by molar-refractivity contribution is -0.143. The highest BCUT2D eigenvalue weighted by Gasteiger charge is 2.22. The second-order valence-electron chi connectivity index (χ2n) is 6.30. The van der Waals surface area contributed by atoms with Crippen LogP contribution in [-0.2, 0) is 20.9 Å². The molecule has 0 spiro atoms. The molecule has 0 unspecified atom stereocenters. The number of esters is 1. The molecule has 0 N–H and O–H groups in total. The Hall–Kier alpha value is -1.37. The van der Waals surface area contributed by atoms with E-state index in [0.717, 1.165) is 30.4 Å². The van der Waals surface area contributed by atoms with Crippen LogP contribution >= 0.6 is 34.5 Å². The number of fused-ring (bicyclic) bond motifs is 1. The molecular formula is C18H20Cl2N2O3S. The Balaban J connectivity index is 2.07. The lowest BCUT2D eigenvalue weighted by atomic mass is 9.89. The minimum absolute atomic E-state index is 0.0379. The van der Waals surface area contributed by atoms with Crippen LogP contribution in [0.1, 0.15) is 39.0 Å². The molecule has 26 heavy (non-hydrogen) atoms. The summed E-state index contributed by atoms with van der Waals surface area (Å²) >= 11 is 13.7. The Kier molecular flexibility index (Phi) is 6.37. The molecule has 0 saturated heterocycles. The van der Waals surface area contributed by atoms with Gasteiger partial charge in [0.2, 0.25) is 0 Å². The van der Waals surface area contributed by atoms with E-state index in [0.29, 0.717) is 20.4 Å². The van der Waals surface area contributed by atoms with Gasteiger partial charge in [0, 0.05) is 10.9 Å². The van der Waals surface area contributed by atoms with Crippen LogP contribution in [0.25, 0.3) is 10.2 Å². The van der Waals surface area contributed by atoms with Crippen LogP contribution in [0.4, 0.5) is 0 Å². The number of nitrogens with zero attached hydrogens (tertiary/aromatic N) is 2. The molecule has 1 aromatic carbocycles. The van der Waals surface area contributed by atoms with Gasteiger partial charge in [0.05, 0.1) is 21.8 Å². The summed E-state index contributed by atoms with van der Waals surface area (Å²) in [6, 6.07) is 3.38. The van der Waals surface area contributed by atoms with Crippen LogP contribution in [0.2, 0.25) is 10.0 Å². The number of hydrogen-bond acceptors (Lipinski definition) is 4. The van der Waals surface area contributed by atoms with Crippen molar-refractivity contribution >= 4 is 56.6 Å². The number of halogens is 2. The summed E-state index contributed by atoms with van der Waals surface area (Å²) < 4.78 is 7.48. The summed E-state index contributed by atoms with van der Waals surface area (Å²) in [4.78, 5) is 29.4. The maximum absolute atomic E-state index is 12.6. The van der Waals surface area contributed by atoms with E-state index in [2.05, 4.69) is 4.99 Å². The Labute approximate surface area is 165 Å². The first-order chi connectivity index (χ1) is 12.5. The third kappa shape index (κ3) is 4.30. The summed E-state index contributed by atoms with van der Waals surface area (Å²) in [5.41, 5.74) is 0.643. The molecule has 140 valence electrons. The van der Waals surface area contributed by atoms with Gasteiger partial charge in [-0.1, -0.05) is 53.8 Å². The van der Waals surface area contributed by atoms with Crippen molar-refractivity contribution in [2.75, 3.05) is 6.61 Å². The molecule has 1 heterocycles. The molecule has 1 fully saturated rings. The van der Waals surface area contributed by atoms with Gasteiger partial charge in [0.15, 0.2) is 4.80 Å². The van der Waals surface area contributed by atoms with Crippen molar-refractivity contribution in [3.05, 3.63) is 27.0 Å². The molecule has 1 saturated carbocycles. The first-order valence-corrected chi connectivity index (χ1v) is 10.3. The van der Waals surface area contributed by atoms with Gasteiger partial charge >= 0.3 is 5.97 Å². The molecule has 0 radical (unpaired) electrons. The van der Waals surface area contributed by atoms with Gasteiger partial charge < -0.3 is 9.30 Å². The number of benzene rings is 1. The topological polar surface area (TPSA) is 60.7 Å². The van der Waals surface area contributed by atoms with Crippen LogP contribution in [0.5, 0.6) is 0 Å². The quantitative estimate of drug-likeness (QED) is 0.687. The molecule has 0 bridgehead atoms. The normalized spacial score (nSPS) is 16.2. The molecular weight excluding hydrogens is 395 g/mol. The van der Waals surface area contributed by atoms with Crippen LogP contribution in [0.3, 0.4) is 0 Å². The Bertz CT molecular complexity index is 898. The van der Waals surface area contributed by atoms with E-state index in [4.69, 9.17) is 27.9 Å². The number of hydrogen-bond donors (Lipinski definition) is 0. The Morgan fingerprint density at radius 2 is 2.00 bits per heavy atom. The van der Waals surface area contributed by atoms with E-state index in [-0.39, 0.29) is 25.0 Å². The van der Waals surface area contributed by atoms with Crippen molar-refractivity contribution in [2.24, 2.45) is 10.9 Å². The number of aromatic nitrogens is 1. The number of carbonyl (C=O) groups is 2. The predicted octanol–water partition coefficient (Wildman–Crippen LogP) is 4.58. The number of rotatable bonds is 4. The van der Waals surface area contributed by atoms with Gasteiger partial charge in [-0.15, -0.1) is 0 Å². The van der Waals surface area contributed by atoms with Crippen molar-refractivity contribution in [1.82, 2.24) is 4.57 Å². The van der Waals surface area contributed by atoms with Crippen LogP contribution < -0.4 is 4.80 Å². The molecule has 0 aliphatic heterocycles. The fourth-order valence-electron chi connectivity index (χ4n) is 3.23. The zero-order chi connectivity index (χ0) is 18.7. The molecule has 8 heteroatoms. The highest BCUT2D eigenvalue weighted by Crippen LogP contribution is 2.30. The second-order valence-corrected chi connectivity index (χ2v) is 8.15. The van der Waals surface area contributed by atoms with E-state index >= 15 is 0 Å². The maximum atomic E-state index is 12.6. The molecule has 3 rings (SSSR count). The van der Waals surface area contributed by atoms with Crippen molar-refractivity contribution in [1.29, 1.82) is 0 Å². The molecule has 1 aromatic heterocycles. The van der Waals surface area contributed by atoms with Crippen molar-refractivity contribution < 1.29 is 14.3 Å². The lowest BCUT2D eigenvalue weighted by Gasteiger charge is -2.17. The van der Waals surface area contributed by atoms with E-state index < -0.39 is 5.97 Å². The highest BCUT2D eigenvalue weighted by atomic mass is 35.5. The van der Waals surface area contributed by atoms with E-state index in [1.54, 1.807) is 23.6 Å². The Morgan fingerprint density at radius 3 is 2.69 bits per heavy atom. The van der Waals surface area contributed by atoms with E-state index in [9.17, 15) is 9.59 Å². The first-order valence-electron chi connectivity index (χ1n) is 8.72. The van der Waals surface area contributed by atoms with Gasteiger partial charge in [0.25, 0.3) is 5.91 Å². The summed E-state index contributed by atoms with van der Waals surface area (Å²) in [6.07, 6.45) is 5.03. The van der Waals surface area contributed by atoms with Crippen molar-refractivity contribution in [3.63, 3.8) is 0 Å². The van der Waals surface area contributed by atoms with Crippen LogP contribution in [0.15, 0.2) is 17.1 Å². The first kappa shape index (κ1) is 19.4. The number of ether oxygens (including phenoxy) is 1. The largest absolute Gasteiger partial charge is 0.465 e. The minimum atomic E-state index is -0.398. The number of amides is 1. The summed E-state index contributed by atoms with van der Waals surface area (Å²) in [5.74, 6) is -0.565. The standard InChI is InChI=1S/C18H20Cl2N2O3S/c1-2-25-15(23)10-22-16-13(20)8-12(19)9-14(16)26-18(22)21-17(24)11-6-4-3-5-7-11/h8-9,11H,2-7,10H2,1H3. The SMILES string of the molecule is CCOC(=O)Cn1c(=NC(=O)C2CCCCC2)sc2cc(Cl)cc(Cl)c21. The molecule has 1 amide bonds. The van der Waals surface area contributed by atoms with Crippen molar-refractivity contribution in [2.45, 2.75) is 45.6 Å². The molecule has 0 atom stereocenters. The van der Waals surface area contributed by atoms with Gasteiger partial charge in [0.1, 0.15) is 6.54 Å². The average molecular weight is 415 g/mol. The molecule has 5 nitrogen and oxygen atoms in total. The average Bonchev–Trinajstić information content (AvgIpc) is 2.93. The molecule has 1 aliphatic rings. The summed E-state index contributed by atoms with van der Waals surface area (Å²) in [5, 5.41) is 0.914. The Morgan fingerprint density at radius 1 is 1.27 bits per heavy atom. The lowest BCUT2D eigenvalue weighted by Crippen LogP contribution is -2.25. The second kappa shape index (κ2) is 8.55. The van der Waals surface area contributed by atoms with Gasteiger partial charge in [-0.25, -0.2) is 0 Å². The maximum Gasteiger partial charge on any atom is 0.326 e. The third-order valence-electron chi connectivity index (χ3n) is 4.45. The number of carbonyl (C=O) groups excluding carboxylic acids is 2. The van der Waals surface area contributed by atoms with Crippen LogP contribution in [0, 0.1) is 5.92 Å². The summed E-state index contributed by atoms with van der Waals surface area (Å²) in [6.45, 7) is 1.99. The smallest absolute Gasteiger partial charge is 0.326 e. The van der Waals surface area contributed by atoms with Gasteiger partial charge in [-0.05, 0) is 31.9 Å². The monoisotopic (exact) mass is 414 g/mol. The minimum Gasteiger partial charge on any atom is -0.465 e. The van der Waals surface area contributed by atoms with Gasteiger partial charge in [-0.3, -0.25) is 9.59 Å². The predicted molar refractivity (Wildman–Crippen MR) is 104 cm³/mol. The molecule has 1 aliphatic carbocycles. The molecule has 2 aromatic rings. The zero-order valence-corrected chi connectivity index (χ0v) is 16.8. The number of thiazole rings is 1. The fraction of sp³-hybridized carbons (Fsp3) is 0.500. The third-order valence-corrected chi connectivity index (χ3v) is 5.98. The summed E-state index contributed by atoms with van der Waals surface area (Å²) in [7, 11) is 0. The fourth-order valence-corrected chi connectivity index (χ4v) is 5.05. The van der Waals surface area contributed by atoms with E-state index in [1.807, 2.05) is 0 Å². The van der Waals surface area contributed by atoms with Crippen LogP contribution in [-0.4, -0.2) is 23.1 Å². The highest BCUT2D eigenvalue weighted by molar-refractivity contribution is 7.16.